The molecule has 0 saturated carbocycles. The average Bonchev–Trinajstić information content (AvgIpc) is 3.06. The Morgan fingerprint density at radius 3 is 2.75 bits per heavy atom. The highest BCUT2D eigenvalue weighted by Crippen LogP contribution is 2.31. The fourth-order valence-electron chi connectivity index (χ4n) is 2.41. The van der Waals surface area contributed by atoms with E-state index < -0.39 is 0 Å². The van der Waals surface area contributed by atoms with Crippen molar-refractivity contribution >= 4 is 28.5 Å². The van der Waals surface area contributed by atoms with E-state index in [1.54, 1.807) is 12.4 Å². The van der Waals surface area contributed by atoms with Crippen LogP contribution in [0.15, 0.2) is 59.6 Å². The van der Waals surface area contributed by atoms with Gasteiger partial charge in [-0.05, 0) is 23.8 Å². The van der Waals surface area contributed by atoms with E-state index in [1.807, 2.05) is 36.4 Å². The Morgan fingerprint density at radius 1 is 1.08 bits per heavy atom. The minimum atomic E-state index is 0.434. The summed E-state index contributed by atoms with van der Waals surface area (Å²) >= 11 is 5.95. The Balaban J connectivity index is 1.73. The van der Waals surface area contributed by atoms with E-state index in [-0.39, 0.29) is 0 Å². The highest BCUT2D eigenvalue weighted by atomic mass is 35.5. The van der Waals surface area contributed by atoms with Gasteiger partial charge in [-0.2, -0.15) is 4.98 Å². The van der Waals surface area contributed by atoms with Crippen LogP contribution in [0.25, 0.3) is 22.4 Å². The summed E-state index contributed by atoms with van der Waals surface area (Å²) in [5, 5.41) is 8.84. The summed E-state index contributed by atoms with van der Waals surface area (Å²) in [5.74, 6) is 0.662. The molecule has 24 heavy (non-hydrogen) atoms. The highest BCUT2D eigenvalue weighted by molar-refractivity contribution is 6.30. The molecule has 0 unspecified atom stereocenters. The first-order chi connectivity index (χ1) is 11.8. The Morgan fingerprint density at radius 2 is 1.96 bits per heavy atom. The van der Waals surface area contributed by atoms with E-state index in [4.69, 9.17) is 16.1 Å². The molecule has 0 aliphatic carbocycles. The molecule has 4 rings (SSSR count). The quantitative estimate of drug-likeness (QED) is 0.607. The molecule has 3 aromatic heterocycles. The molecule has 118 valence electrons. The van der Waals surface area contributed by atoms with E-state index >= 15 is 0 Å². The Kier molecular flexibility index (Phi) is 3.80. The molecule has 0 amide bonds. The maximum absolute atomic E-state index is 5.95. The number of nitrogens with one attached hydrogen (secondary N) is 1. The summed E-state index contributed by atoms with van der Waals surface area (Å²) in [6, 6.07) is 11.3. The Hall–Kier alpha value is -2.99. The SMILES string of the molecule is Clc1ccc(-c2noc3ncnc(NCc4cccnc4)c23)cc1. The Bertz CT molecular complexity index is 969. The van der Waals surface area contributed by atoms with Gasteiger partial charge in [0.05, 0.1) is 0 Å². The molecule has 0 atom stereocenters. The molecule has 0 saturated heterocycles. The van der Waals surface area contributed by atoms with Gasteiger partial charge in [0.25, 0.3) is 5.71 Å². The topological polar surface area (TPSA) is 76.7 Å². The van der Waals surface area contributed by atoms with E-state index in [2.05, 4.69) is 25.4 Å². The standard InChI is InChI=1S/C17H12ClN5O/c18-13-5-3-12(4-6-13)15-14-16(21-10-22-17(14)24-23-15)20-9-11-2-1-7-19-8-11/h1-8,10H,9H2,(H,20,21,22). The number of hydrogen-bond donors (Lipinski definition) is 1. The molecule has 0 aliphatic rings. The first-order valence-electron chi connectivity index (χ1n) is 7.30. The summed E-state index contributed by atoms with van der Waals surface area (Å²) in [6.07, 6.45) is 4.99. The maximum Gasteiger partial charge on any atom is 0.263 e. The normalized spacial score (nSPS) is 10.9. The molecule has 1 aromatic carbocycles. The van der Waals surface area contributed by atoms with E-state index in [0.717, 1.165) is 16.5 Å². The second-order valence-corrected chi connectivity index (χ2v) is 5.59. The van der Waals surface area contributed by atoms with E-state index in [9.17, 15) is 0 Å². The molecular formula is C17H12ClN5O. The Labute approximate surface area is 142 Å². The van der Waals surface area contributed by atoms with Crippen LogP contribution in [0.5, 0.6) is 0 Å². The van der Waals surface area contributed by atoms with Gasteiger partial charge in [-0.1, -0.05) is 35.0 Å². The van der Waals surface area contributed by atoms with Gasteiger partial charge in [0, 0.05) is 29.5 Å². The average molecular weight is 338 g/mol. The maximum atomic E-state index is 5.95. The molecule has 3 heterocycles. The van der Waals surface area contributed by atoms with Crippen molar-refractivity contribution in [2.24, 2.45) is 0 Å². The zero-order chi connectivity index (χ0) is 16.4. The molecular weight excluding hydrogens is 326 g/mol. The van der Waals surface area contributed by atoms with Gasteiger partial charge < -0.3 is 9.84 Å². The number of fused-ring (bicyclic) bond motifs is 1. The van der Waals surface area contributed by atoms with Gasteiger partial charge in [-0.3, -0.25) is 4.98 Å². The summed E-state index contributed by atoms with van der Waals surface area (Å²) in [4.78, 5) is 12.6. The summed E-state index contributed by atoms with van der Waals surface area (Å²) in [7, 11) is 0. The van der Waals surface area contributed by atoms with Gasteiger partial charge in [0.2, 0.25) is 0 Å². The fraction of sp³-hybridized carbons (Fsp3) is 0.0588. The number of rotatable bonds is 4. The molecule has 6 nitrogen and oxygen atoms in total. The first-order valence-corrected chi connectivity index (χ1v) is 7.68. The van der Waals surface area contributed by atoms with Crippen molar-refractivity contribution in [1.82, 2.24) is 20.1 Å². The van der Waals surface area contributed by atoms with Crippen molar-refractivity contribution in [2.45, 2.75) is 6.54 Å². The summed E-state index contributed by atoms with van der Waals surface area (Å²) < 4.78 is 5.34. The molecule has 7 heteroatoms. The van der Waals surface area contributed by atoms with E-state index in [0.29, 0.717) is 28.8 Å². The number of benzene rings is 1. The molecule has 0 radical (unpaired) electrons. The third-order valence-electron chi connectivity index (χ3n) is 3.57. The second kappa shape index (κ2) is 6.25. The van der Waals surface area contributed by atoms with Gasteiger partial charge in [0.1, 0.15) is 23.2 Å². The number of nitrogens with zero attached hydrogens (tertiary/aromatic N) is 4. The minimum Gasteiger partial charge on any atom is -0.365 e. The lowest BCUT2D eigenvalue weighted by Gasteiger charge is -2.06. The van der Waals surface area contributed by atoms with Crippen LogP contribution in [0.2, 0.25) is 5.02 Å². The smallest absolute Gasteiger partial charge is 0.263 e. The molecule has 0 bridgehead atoms. The predicted molar refractivity (Wildman–Crippen MR) is 91.6 cm³/mol. The lowest BCUT2D eigenvalue weighted by Crippen LogP contribution is -2.02. The van der Waals surface area contributed by atoms with Crippen LogP contribution < -0.4 is 5.32 Å². The third kappa shape index (κ3) is 2.79. The van der Waals surface area contributed by atoms with Gasteiger partial charge in [-0.25, -0.2) is 4.98 Å². The first kappa shape index (κ1) is 14.6. The van der Waals surface area contributed by atoms with Crippen molar-refractivity contribution < 1.29 is 4.52 Å². The molecule has 1 N–H and O–H groups in total. The van der Waals surface area contributed by atoms with Crippen LogP contribution in [-0.4, -0.2) is 20.1 Å². The van der Waals surface area contributed by atoms with Crippen LogP contribution in [0.1, 0.15) is 5.56 Å². The van der Waals surface area contributed by atoms with Crippen LogP contribution in [0, 0.1) is 0 Å². The van der Waals surface area contributed by atoms with Gasteiger partial charge >= 0.3 is 0 Å². The lowest BCUT2D eigenvalue weighted by atomic mass is 10.1. The molecule has 0 spiro atoms. The largest absolute Gasteiger partial charge is 0.365 e. The summed E-state index contributed by atoms with van der Waals surface area (Å²) in [5.41, 5.74) is 3.05. The van der Waals surface area contributed by atoms with Crippen molar-refractivity contribution in [3.63, 3.8) is 0 Å². The number of anilines is 1. The van der Waals surface area contributed by atoms with Gasteiger partial charge in [-0.15, -0.1) is 0 Å². The van der Waals surface area contributed by atoms with Crippen LogP contribution >= 0.6 is 11.6 Å². The molecule has 0 aliphatic heterocycles. The molecule has 0 fully saturated rings. The summed E-state index contributed by atoms with van der Waals surface area (Å²) in [6.45, 7) is 0.588. The second-order valence-electron chi connectivity index (χ2n) is 5.16. The third-order valence-corrected chi connectivity index (χ3v) is 3.83. The van der Waals surface area contributed by atoms with Crippen molar-refractivity contribution in [3.8, 4) is 11.3 Å². The lowest BCUT2D eigenvalue weighted by molar-refractivity contribution is 0.451. The number of hydrogen-bond acceptors (Lipinski definition) is 6. The number of aromatic nitrogens is 4. The highest BCUT2D eigenvalue weighted by Gasteiger charge is 2.16. The van der Waals surface area contributed by atoms with Gasteiger partial charge in [0.15, 0.2) is 0 Å². The fourth-order valence-corrected chi connectivity index (χ4v) is 2.54. The number of pyridine rings is 1. The van der Waals surface area contributed by atoms with Crippen LogP contribution in [0.4, 0.5) is 5.82 Å². The van der Waals surface area contributed by atoms with Crippen LogP contribution in [-0.2, 0) is 6.54 Å². The predicted octanol–water partition coefficient (Wildman–Crippen LogP) is 3.95. The zero-order valence-electron chi connectivity index (χ0n) is 12.5. The van der Waals surface area contributed by atoms with Crippen molar-refractivity contribution in [1.29, 1.82) is 0 Å². The van der Waals surface area contributed by atoms with E-state index in [1.165, 1.54) is 6.33 Å². The zero-order valence-corrected chi connectivity index (χ0v) is 13.2. The van der Waals surface area contributed by atoms with Crippen molar-refractivity contribution in [2.75, 3.05) is 5.32 Å². The monoisotopic (exact) mass is 337 g/mol. The molecule has 4 aromatic rings. The van der Waals surface area contributed by atoms with Crippen LogP contribution in [0.3, 0.4) is 0 Å². The van der Waals surface area contributed by atoms with Crippen molar-refractivity contribution in [3.05, 3.63) is 65.7 Å². The number of halogens is 1. The minimum absolute atomic E-state index is 0.434.